The number of carbonyl (C=O) groups excluding carboxylic acids is 1. The average molecular weight is 291 g/mol. The molecule has 0 aromatic carbocycles. The number of amides is 1. The number of ether oxygens (including phenoxy) is 1. The topological polar surface area (TPSA) is 157 Å². The fourth-order valence-electron chi connectivity index (χ4n) is 1.85. The molecule has 20 heavy (non-hydrogen) atoms. The third-order valence-corrected chi connectivity index (χ3v) is 2.81. The molecule has 1 rings (SSSR count). The summed E-state index contributed by atoms with van der Waals surface area (Å²) in [4.78, 5) is 21.9. The zero-order chi connectivity index (χ0) is 15.4. The second-order valence-corrected chi connectivity index (χ2v) is 4.38. The lowest BCUT2D eigenvalue weighted by molar-refractivity contribution is -0.149. The Labute approximate surface area is 114 Å². The highest BCUT2D eigenvalue weighted by Crippen LogP contribution is 2.22. The zero-order valence-electron chi connectivity index (χ0n) is 10.6. The summed E-state index contributed by atoms with van der Waals surface area (Å²) in [5.74, 6) is -2.63. The Kier molecular flexibility index (Phi) is 5.45. The van der Waals surface area contributed by atoms with Crippen molar-refractivity contribution in [2.45, 2.75) is 37.4 Å². The van der Waals surface area contributed by atoms with Gasteiger partial charge in [0.15, 0.2) is 6.10 Å². The molecule has 1 aliphatic heterocycles. The molecule has 0 fully saturated rings. The van der Waals surface area contributed by atoms with E-state index in [4.69, 9.17) is 14.9 Å². The summed E-state index contributed by atoms with van der Waals surface area (Å²) in [6.45, 7) is 0.366. The Balaban J connectivity index is 3.04. The second kappa shape index (κ2) is 6.66. The van der Waals surface area contributed by atoms with Gasteiger partial charge >= 0.3 is 5.97 Å². The third-order valence-electron chi connectivity index (χ3n) is 2.81. The number of aliphatic hydroxyl groups excluding tert-OH is 4. The molecule has 1 unspecified atom stereocenters. The first-order valence-electron chi connectivity index (χ1n) is 5.81. The summed E-state index contributed by atoms with van der Waals surface area (Å²) in [6, 6.07) is -1.16. The van der Waals surface area contributed by atoms with Crippen LogP contribution in [0.5, 0.6) is 0 Å². The highest BCUT2D eigenvalue weighted by molar-refractivity contribution is 5.84. The Bertz CT molecular complexity index is 409. The van der Waals surface area contributed by atoms with E-state index in [0.717, 1.165) is 13.0 Å². The van der Waals surface area contributed by atoms with E-state index in [1.807, 2.05) is 0 Å². The van der Waals surface area contributed by atoms with Crippen LogP contribution in [-0.2, 0) is 14.3 Å². The first kappa shape index (κ1) is 16.4. The molecule has 6 N–H and O–H groups in total. The van der Waals surface area contributed by atoms with Crippen molar-refractivity contribution >= 4 is 11.9 Å². The lowest BCUT2D eigenvalue weighted by Crippen LogP contribution is -2.59. The molecule has 1 amide bonds. The quantitative estimate of drug-likeness (QED) is 0.311. The van der Waals surface area contributed by atoms with Crippen LogP contribution in [0.1, 0.15) is 6.92 Å². The van der Waals surface area contributed by atoms with Gasteiger partial charge in [-0.15, -0.1) is 0 Å². The predicted octanol–water partition coefficient (Wildman–Crippen LogP) is -3.07. The number of carboxylic acids is 1. The van der Waals surface area contributed by atoms with E-state index >= 15 is 0 Å². The van der Waals surface area contributed by atoms with Gasteiger partial charge in [-0.3, -0.25) is 4.79 Å². The highest BCUT2D eigenvalue weighted by atomic mass is 16.5. The predicted molar refractivity (Wildman–Crippen MR) is 63.3 cm³/mol. The van der Waals surface area contributed by atoms with E-state index in [0.29, 0.717) is 0 Å². The summed E-state index contributed by atoms with van der Waals surface area (Å²) in [5, 5.41) is 49.0. The maximum Gasteiger partial charge on any atom is 0.370 e. The van der Waals surface area contributed by atoms with Gasteiger partial charge < -0.3 is 35.6 Å². The highest BCUT2D eigenvalue weighted by Gasteiger charge is 2.42. The van der Waals surface area contributed by atoms with Crippen LogP contribution < -0.4 is 5.32 Å². The van der Waals surface area contributed by atoms with Crippen molar-refractivity contribution in [1.82, 2.24) is 5.32 Å². The molecular weight excluding hydrogens is 274 g/mol. The maximum atomic E-state index is 11.1. The first-order valence-corrected chi connectivity index (χ1v) is 5.81. The molecule has 0 aromatic rings. The van der Waals surface area contributed by atoms with Crippen LogP contribution in [0.3, 0.4) is 0 Å². The number of carboxylic acid groups (broad SMARTS) is 1. The van der Waals surface area contributed by atoms with E-state index in [1.54, 1.807) is 0 Å². The Hall–Kier alpha value is -1.68. The molecule has 9 nitrogen and oxygen atoms in total. The van der Waals surface area contributed by atoms with Crippen LogP contribution in [0.15, 0.2) is 11.8 Å². The molecule has 0 aliphatic carbocycles. The van der Waals surface area contributed by atoms with Crippen molar-refractivity contribution in [3.63, 3.8) is 0 Å². The molecule has 9 heteroatoms. The largest absolute Gasteiger partial charge is 0.478 e. The SMILES string of the molecule is CC(=O)N[C@H]1C([C@H](O)[C@H](O)CO)OC(C(=O)O)=C[C@H]1O. The molecule has 0 bridgehead atoms. The minimum absolute atomic E-state index is 0.541. The summed E-state index contributed by atoms with van der Waals surface area (Å²) < 4.78 is 4.98. The molecule has 1 aliphatic rings. The Morgan fingerprint density at radius 2 is 2.05 bits per heavy atom. The van der Waals surface area contributed by atoms with Gasteiger partial charge in [0.25, 0.3) is 0 Å². The van der Waals surface area contributed by atoms with E-state index in [2.05, 4.69) is 5.32 Å². The van der Waals surface area contributed by atoms with E-state index in [1.165, 1.54) is 0 Å². The minimum atomic E-state index is -1.70. The molecular formula is C11H17NO8. The van der Waals surface area contributed by atoms with Crippen molar-refractivity contribution in [2.75, 3.05) is 6.61 Å². The molecule has 0 saturated carbocycles. The number of rotatable bonds is 5. The molecule has 1 heterocycles. The summed E-state index contributed by atoms with van der Waals surface area (Å²) in [7, 11) is 0. The van der Waals surface area contributed by atoms with Crippen molar-refractivity contribution in [2.24, 2.45) is 0 Å². The average Bonchev–Trinajstić information content (AvgIpc) is 2.38. The van der Waals surface area contributed by atoms with Gasteiger partial charge in [-0.05, 0) is 6.08 Å². The number of hydrogen-bond donors (Lipinski definition) is 6. The first-order chi connectivity index (χ1) is 9.27. The number of hydrogen-bond acceptors (Lipinski definition) is 7. The molecule has 114 valence electrons. The van der Waals surface area contributed by atoms with E-state index in [9.17, 15) is 24.9 Å². The van der Waals surface area contributed by atoms with Crippen molar-refractivity contribution in [3.05, 3.63) is 11.8 Å². The summed E-state index contributed by atoms with van der Waals surface area (Å²) >= 11 is 0. The van der Waals surface area contributed by atoms with Crippen LogP contribution in [0.4, 0.5) is 0 Å². The molecule has 0 radical (unpaired) electrons. The number of carbonyl (C=O) groups is 2. The van der Waals surface area contributed by atoms with Crippen LogP contribution in [-0.4, -0.2) is 74.5 Å². The van der Waals surface area contributed by atoms with Crippen LogP contribution >= 0.6 is 0 Å². The summed E-state index contributed by atoms with van der Waals surface area (Å²) in [6.07, 6.45) is -5.29. The number of nitrogens with one attached hydrogen (secondary N) is 1. The van der Waals surface area contributed by atoms with Crippen molar-refractivity contribution in [3.8, 4) is 0 Å². The fraction of sp³-hybridized carbons (Fsp3) is 0.636. The second-order valence-electron chi connectivity index (χ2n) is 4.38. The molecule has 0 aromatic heterocycles. The Morgan fingerprint density at radius 1 is 1.45 bits per heavy atom. The lowest BCUT2D eigenvalue weighted by atomic mass is 9.94. The molecule has 0 spiro atoms. The monoisotopic (exact) mass is 291 g/mol. The molecule has 5 atom stereocenters. The van der Waals surface area contributed by atoms with E-state index < -0.39 is 54.7 Å². The smallest absolute Gasteiger partial charge is 0.370 e. The Morgan fingerprint density at radius 3 is 2.50 bits per heavy atom. The van der Waals surface area contributed by atoms with Crippen molar-refractivity contribution < 1.29 is 39.9 Å². The van der Waals surface area contributed by atoms with Crippen LogP contribution in [0.25, 0.3) is 0 Å². The van der Waals surface area contributed by atoms with Gasteiger partial charge in [0, 0.05) is 6.92 Å². The minimum Gasteiger partial charge on any atom is -0.478 e. The van der Waals surface area contributed by atoms with Gasteiger partial charge in [0.05, 0.1) is 12.6 Å². The van der Waals surface area contributed by atoms with Gasteiger partial charge in [0.2, 0.25) is 11.7 Å². The molecule has 0 saturated heterocycles. The van der Waals surface area contributed by atoms with Gasteiger partial charge in [-0.25, -0.2) is 4.79 Å². The standard InChI is InChI=1S/C11H17NO8/c1-4(14)12-8-5(15)2-7(11(18)19)20-10(8)9(17)6(16)3-13/h2,5-6,8-10,13,15-17H,3H2,1H3,(H,12,14)(H,18,19)/t5-,6-,8-,9-,10?/m1/s1. The van der Waals surface area contributed by atoms with Gasteiger partial charge in [-0.2, -0.15) is 0 Å². The van der Waals surface area contributed by atoms with Crippen LogP contribution in [0, 0.1) is 0 Å². The zero-order valence-corrected chi connectivity index (χ0v) is 10.6. The summed E-state index contributed by atoms with van der Waals surface area (Å²) in [5.41, 5.74) is 0. The number of aliphatic hydroxyl groups is 4. The normalized spacial score (nSPS) is 28.9. The maximum absolute atomic E-state index is 11.1. The third kappa shape index (κ3) is 3.67. The van der Waals surface area contributed by atoms with Gasteiger partial charge in [-0.1, -0.05) is 0 Å². The van der Waals surface area contributed by atoms with Crippen molar-refractivity contribution in [1.29, 1.82) is 0 Å². The van der Waals surface area contributed by atoms with Gasteiger partial charge in [0.1, 0.15) is 18.3 Å². The van der Waals surface area contributed by atoms with E-state index in [-0.39, 0.29) is 0 Å². The van der Waals surface area contributed by atoms with Crippen LogP contribution in [0.2, 0.25) is 0 Å². The lowest BCUT2D eigenvalue weighted by Gasteiger charge is -2.37. The fourth-order valence-corrected chi connectivity index (χ4v) is 1.85. The number of aliphatic carboxylic acids is 1.